The Balaban J connectivity index is 0.000000395. The fourth-order valence-corrected chi connectivity index (χ4v) is 5.44. The van der Waals surface area contributed by atoms with Crippen molar-refractivity contribution in [3.63, 3.8) is 0 Å². The Morgan fingerprint density at radius 1 is 0.565 bits per heavy atom. The molecular formula is C26H30F12N2O18S4. The Morgan fingerprint density at radius 3 is 1.27 bits per heavy atom. The molecule has 0 saturated carbocycles. The Morgan fingerprint density at radius 2 is 0.952 bits per heavy atom. The smallest absolute Gasteiger partial charge is 0.571 e. The summed E-state index contributed by atoms with van der Waals surface area (Å²) in [6.45, 7) is -0.919. The van der Waals surface area contributed by atoms with Gasteiger partial charge in [0.2, 0.25) is 6.10 Å². The van der Waals surface area contributed by atoms with E-state index in [0.29, 0.717) is 0 Å². The number of halogens is 12. The quantitative estimate of drug-likeness (QED) is 0.133. The number of ether oxygens (including phenoxy) is 4. The molecular weight excluding hydrogens is 985 g/mol. The summed E-state index contributed by atoms with van der Waals surface area (Å²) in [4.78, 5) is 6.68. The second-order valence-electron chi connectivity index (χ2n) is 11.4. The first-order valence-electron chi connectivity index (χ1n) is 15.6. The lowest BCUT2D eigenvalue weighted by molar-refractivity contribution is -0.378. The highest BCUT2D eigenvalue weighted by atomic mass is 32.2. The molecule has 62 heavy (non-hydrogen) atoms. The number of aromatic amines is 1. The molecule has 0 aliphatic carbocycles. The van der Waals surface area contributed by atoms with Gasteiger partial charge in [0, 0.05) is 24.5 Å². The Hall–Kier alpha value is -3.14. The largest absolute Gasteiger partial charge is 0.741 e. The predicted octanol–water partition coefficient (Wildman–Crippen LogP) is -0.0441. The highest BCUT2D eigenvalue weighted by molar-refractivity contribution is 7.87. The number of H-pyrrole nitrogens is 1. The van der Waals surface area contributed by atoms with Crippen molar-refractivity contribution < 1.29 is 138 Å². The third-order valence-electron chi connectivity index (χ3n) is 6.82. The maximum atomic E-state index is 12.1. The molecule has 360 valence electrons. The molecule has 6 rings (SSSR count). The van der Waals surface area contributed by atoms with Gasteiger partial charge in [0.25, 0.3) is 0 Å². The van der Waals surface area contributed by atoms with Crippen molar-refractivity contribution in [3.05, 3.63) is 61.2 Å². The summed E-state index contributed by atoms with van der Waals surface area (Å²) in [6, 6.07) is 11.6. The molecule has 2 aromatic rings. The van der Waals surface area contributed by atoms with E-state index in [1.807, 2.05) is 48.8 Å². The molecule has 0 bridgehead atoms. The van der Waals surface area contributed by atoms with Gasteiger partial charge in [-0.25, -0.2) is 21.8 Å². The van der Waals surface area contributed by atoms with Crippen LogP contribution in [0.3, 0.4) is 0 Å². The third-order valence-corrected chi connectivity index (χ3v) is 10.2. The van der Waals surface area contributed by atoms with Crippen molar-refractivity contribution in [2.24, 2.45) is 0 Å². The van der Waals surface area contributed by atoms with E-state index < -0.39 is 111 Å². The van der Waals surface area contributed by atoms with Gasteiger partial charge in [-0.1, -0.05) is 12.1 Å². The SMILES string of the molecule is O=S(=O)(OC1CO[C@@H]2C(O)CO[C@H]12)C(F)(F)F.O=S(=O)([O-])C(F)(F)F.O=S(=O)([O-])C(F)(F)F.O=S(=O)([OH+]C1CO[C@@H]2C(O)CO[C@H]12)C(F)(F)F.c1cc[nH+]cc1.c1ccncc1. The number of hydrogen-bond acceptors (Lipinski definition) is 18. The number of hydrogen-bond donors (Lipinski definition) is 2. The molecule has 6 heterocycles. The van der Waals surface area contributed by atoms with Crippen molar-refractivity contribution >= 4 is 40.5 Å². The van der Waals surface area contributed by atoms with Crippen LogP contribution in [0.25, 0.3) is 0 Å². The molecule has 4 N–H and O–H groups in total. The second kappa shape index (κ2) is 22.7. The number of rotatable bonds is 4. The van der Waals surface area contributed by atoms with Gasteiger partial charge in [-0.15, -0.1) is 8.42 Å². The maximum Gasteiger partial charge on any atom is 0.571 e. The van der Waals surface area contributed by atoms with Crippen molar-refractivity contribution in [3.8, 4) is 0 Å². The lowest BCUT2D eigenvalue weighted by atomic mass is 10.1. The zero-order chi connectivity index (χ0) is 48.2. The number of fused-ring (bicyclic) bond motifs is 2. The molecule has 0 amide bonds. The number of nitrogens with zero attached hydrogens (tertiary/aromatic N) is 1. The molecule has 4 aliphatic heterocycles. The summed E-state index contributed by atoms with van der Waals surface area (Å²) >= 11 is 0. The Labute approximate surface area is 341 Å². The standard InChI is InChI=1S/2C7H9F3O6S.2C5H5N.2CHF3O3S/c2*8-7(9,10)17(12,13)16-4-2-15-5-3(11)1-14-6(4)5;2*1-2-4-6-5-3-1;2*2-1(3,4)8(5,6)7/h2*3-6,11H,1-2H2;2*1-5H;2*(H,5,6,7)/t2*3?,4?,5-,6-;;;;/m11..../s1. The molecule has 4 aliphatic rings. The average Bonchev–Trinajstić information content (AvgIpc) is 3.91. The van der Waals surface area contributed by atoms with E-state index in [1.165, 1.54) is 0 Å². The van der Waals surface area contributed by atoms with Crippen molar-refractivity contribution in [1.82, 2.24) is 4.98 Å². The van der Waals surface area contributed by atoms with Crippen molar-refractivity contribution in [2.45, 2.75) is 70.9 Å². The van der Waals surface area contributed by atoms with Crippen LogP contribution in [0, 0.1) is 0 Å². The summed E-state index contributed by atoms with van der Waals surface area (Å²) in [7, 11) is -23.4. The average molecular weight is 1010 g/mol. The van der Waals surface area contributed by atoms with Crippen LogP contribution in [0.15, 0.2) is 61.2 Å². The zero-order valence-electron chi connectivity index (χ0n) is 29.8. The lowest BCUT2D eigenvalue weighted by Gasteiger charge is -2.17. The zero-order valence-corrected chi connectivity index (χ0v) is 33.1. The summed E-state index contributed by atoms with van der Waals surface area (Å²) in [5.41, 5.74) is -22.2. The van der Waals surface area contributed by atoms with E-state index in [4.69, 9.17) is 44.9 Å². The van der Waals surface area contributed by atoms with Gasteiger partial charge in [-0.2, -0.15) is 61.1 Å². The monoisotopic (exact) mass is 1010 g/mol. The fourth-order valence-electron chi connectivity index (χ4n) is 4.19. The molecule has 0 spiro atoms. The highest BCUT2D eigenvalue weighted by Gasteiger charge is 2.59. The third kappa shape index (κ3) is 18.2. The van der Waals surface area contributed by atoms with Gasteiger partial charge in [-0.3, -0.25) is 9.17 Å². The van der Waals surface area contributed by atoms with Crippen LogP contribution < -0.4 is 4.98 Å². The topological polar surface area (TPSA) is 309 Å². The van der Waals surface area contributed by atoms with E-state index in [0.717, 1.165) is 0 Å². The number of aliphatic hydroxyl groups excluding tert-OH is 2. The van der Waals surface area contributed by atoms with Gasteiger partial charge in [0.1, 0.15) is 43.2 Å². The molecule has 4 saturated heterocycles. The summed E-state index contributed by atoms with van der Waals surface area (Å²) < 4.78 is 260. The summed E-state index contributed by atoms with van der Waals surface area (Å²) in [6.07, 6.45) is -0.941. The number of alkyl halides is 12. The number of aromatic nitrogens is 2. The van der Waals surface area contributed by atoms with E-state index in [9.17, 15) is 79.7 Å². The van der Waals surface area contributed by atoms with Crippen LogP contribution in [0.1, 0.15) is 0 Å². The normalized spacial score (nSPS) is 26.2. The molecule has 0 radical (unpaired) electrons. The van der Waals surface area contributed by atoms with Gasteiger partial charge in [-0.05, 0) is 12.1 Å². The van der Waals surface area contributed by atoms with Crippen LogP contribution in [0.4, 0.5) is 52.7 Å². The van der Waals surface area contributed by atoms with Crippen LogP contribution in [-0.4, -0.2) is 159 Å². The fraction of sp³-hybridized carbons (Fsp3) is 0.615. The molecule has 0 aromatic carbocycles. The van der Waals surface area contributed by atoms with E-state index in [-0.39, 0.29) is 26.4 Å². The van der Waals surface area contributed by atoms with Crippen LogP contribution >= 0.6 is 0 Å². The molecule has 4 fully saturated rings. The highest BCUT2D eigenvalue weighted by Crippen LogP contribution is 2.34. The van der Waals surface area contributed by atoms with Gasteiger partial charge in [0.15, 0.2) is 38.7 Å². The number of pyridine rings is 2. The minimum Gasteiger partial charge on any atom is -0.741 e. The lowest BCUT2D eigenvalue weighted by Crippen LogP contribution is -2.40. The van der Waals surface area contributed by atoms with Gasteiger partial charge >= 0.3 is 42.3 Å². The Bertz CT molecular complexity index is 1880. The van der Waals surface area contributed by atoms with E-state index in [1.54, 1.807) is 12.4 Å². The molecule has 4 unspecified atom stereocenters. The number of aliphatic hydroxyl groups is 3. The number of nitrogens with one attached hydrogen (secondary N) is 1. The predicted molar refractivity (Wildman–Crippen MR) is 171 cm³/mol. The van der Waals surface area contributed by atoms with E-state index >= 15 is 0 Å². The maximum absolute atomic E-state index is 12.1. The summed E-state index contributed by atoms with van der Waals surface area (Å²) in [5, 5.41) is 18.6. The Kier molecular flexibility index (Phi) is 20.8. The van der Waals surface area contributed by atoms with Crippen molar-refractivity contribution in [2.75, 3.05) is 26.4 Å². The van der Waals surface area contributed by atoms with E-state index in [2.05, 4.69) is 18.3 Å². The molecule has 20 nitrogen and oxygen atoms in total. The van der Waals surface area contributed by atoms with Gasteiger partial charge in [0.05, 0.1) is 19.8 Å². The minimum absolute atomic E-state index is 0.104. The molecule has 8 atom stereocenters. The van der Waals surface area contributed by atoms with Crippen LogP contribution in [0.5, 0.6) is 0 Å². The summed E-state index contributed by atoms with van der Waals surface area (Å²) in [5.74, 6) is 0. The molecule has 36 heteroatoms. The van der Waals surface area contributed by atoms with Crippen LogP contribution in [-0.2, 0) is 63.6 Å². The molecule has 2 aromatic heterocycles. The minimum atomic E-state index is -6.09. The van der Waals surface area contributed by atoms with Gasteiger partial charge < -0.3 is 42.4 Å². The van der Waals surface area contributed by atoms with Crippen molar-refractivity contribution in [1.29, 1.82) is 0 Å². The second-order valence-corrected chi connectivity index (χ2v) is 17.3. The van der Waals surface area contributed by atoms with Crippen LogP contribution in [0.2, 0.25) is 0 Å². The first-order valence-corrected chi connectivity index (χ1v) is 21.3. The first kappa shape index (κ1) is 56.9. The first-order chi connectivity index (χ1) is 27.9.